The van der Waals surface area contributed by atoms with Gasteiger partial charge in [0.1, 0.15) is 17.3 Å². The number of hydrogen-bond acceptors (Lipinski definition) is 7. The number of nitrogens with zero attached hydrogens (tertiary/aromatic N) is 4. The van der Waals surface area contributed by atoms with Crippen LogP contribution in [-0.2, 0) is 0 Å². The van der Waals surface area contributed by atoms with Crippen molar-refractivity contribution < 1.29 is 4.79 Å². The average Bonchev–Trinajstić information content (AvgIpc) is 2.58. The maximum atomic E-state index is 12.3. The predicted molar refractivity (Wildman–Crippen MR) is 86.2 cm³/mol. The molecule has 0 aromatic carbocycles. The average molecular weight is 307 g/mol. The first-order chi connectivity index (χ1) is 11.2. The molecule has 0 aliphatic heterocycles. The normalized spacial score (nSPS) is 10.1. The van der Waals surface area contributed by atoms with Crippen molar-refractivity contribution in [1.29, 1.82) is 0 Å². The highest BCUT2D eigenvalue weighted by Gasteiger charge is 2.10. The maximum absolute atomic E-state index is 12.3. The zero-order valence-electron chi connectivity index (χ0n) is 12.0. The summed E-state index contributed by atoms with van der Waals surface area (Å²) < 4.78 is 0. The molecule has 23 heavy (non-hydrogen) atoms. The Hall–Kier alpha value is -3.55. The van der Waals surface area contributed by atoms with Crippen molar-refractivity contribution in [1.82, 2.24) is 19.9 Å². The van der Waals surface area contributed by atoms with Gasteiger partial charge < -0.3 is 16.4 Å². The van der Waals surface area contributed by atoms with Gasteiger partial charge in [0.2, 0.25) is 0 Å². The summed E-state index contributed by atoms with van der Waals surface area (Å²) in [6, 6.07) is 6.65. The summed E-state index contributed by atoms with van der Waals surface area (Å²) in [5.41, 5.74) is 6.88. The molecule has 0 saturated carbocycles. The molecule has 3 heterocycles. The van der Waals surface area contributed by atoms with Crippen LogP contribution in [0.5, 0.6) is 0 Å². The number of hydrogen-bond donors (Lipinski definition) is 3. The van der Waals surface area contributed by atoms with Crippen LogP contribution in [0.3, 0.4) is 0 Å². The highest BCUT2D eigenvalue weighted by atomic mass is 16.1. The summed E-state index contributed by atoms with van der Waals surface area (Å²) in [7, 11) is 0. The number of aromatic nitrogens is 4. The van der Waals surface area contributed by atoms with Gasteiger partial charge in [-0.3, -0.25) is 14.8 Å². The van der Waals surface area contributed by atoms with Crippen LogP contribution in [0.2, 0.25) is 0 Å². The van der Waals surface area contributed by atoms with Crippen LogP contribution < -0.4 is 16.4 Å². The number of anilines is 4. The van der Waals surface area contributed by atoms with Gasteiger partial charge in [0.05, 0.1) is 23.8 Å². The van der Waals surface area contributed by atoms with Gasteiger partial charge >= 0.3 is 0 Å². The van der Waals surface area contributed by atoms with E-state index in [4.69, 9.17) is 5.73 Å². The van der Waals surface area contributed by atoms with Gasteiger partial charge in [-0.15, -0.1) is 0 Å². The number of rotatable bonds is 4. The first-order valence-electron chi connectivity index (χ1n) is 6.73. The molecule has 3 aromatic heterocycles. The number of amides is 1. The van der Waals surface area contributed by atoms with Crippen molar-refractivity contribution in [3.8, 4) is 0 Å². The fourth-order valence-electron chi connectivity index (χ4n) is 1.82. The first-order valence-corrected chi connectivity index (χ1v) is 6.73. The largest absolute Gasteiger partial charge is 0.397 e. The molecule has 0 spiro atoms. The number of nitrogen functional groups attached to an aromatic ring is 1. The first kappa shape index (κ1) is 14.4. The van der Waals surface area contributed by atoms with Crippen LogP contribution in [0.4, 0.5) is 23.0 Å². The van der Waals surface area contributed by atoms with Crippen LogP contribution in [0.1, 0.15) is 10.5 Å². The van der Waals surface area contributed by atoms with Gasteiger partial charge in [0, 0.05) is 18.6 Å². The minimum absolute atomic E-state index is 0.238. The third kappa shape index (κ3) is 3.56. The summed E-state index contributed by atoms with van der Waals surface area (Å²) in [6.07, 6.45) is 7.72. The summed E-state index contributed by atoms with van der Waals surface area (Å²) in [6.45, 7) is 0. The number of nitrogens with one attached hydrogen (secondary N) is 2. The van der Waals surface area contributed by atoms with Gasteiger partial charge in [-0.05, 0) is 18.2 Å². The molecular formula is C15H13N7O. The molecule has 0 atom stereocenters. The molecule has 0 bridgehead atoms. The van der Waals surface area contributed by atoms with E-state index in [0.717, 1.165) is 0 Å². The summed E-state index contributed by atoms with van der Waals surface area (Å²) in [4.78, 5) is 28.5. The van der Waals surface area contributed by atoms with Crippen molar-refractivity contribution in [2.24, 2.45) is 0 Å². The summed E-state index contributed by atoms with van der Waals surface area (Å²) in [5.74, 6) is 0.638. The Morgan fingerprint density at radius 3 is 2.65 bits per heavy atom. The molecule has 0 radical (unpaired) electrons. The Kier molecular flexibility index (Phi) is 4.05. The zero-order valence-corrected chi connectivity index (χ0v) is 12.0. The van der Waals surface area contributed by atoms with Crippen LogP contribution in [0.15, 0.2) is 55.2 Å². The summed E-state index contributed by atoms with van der Waals surface area (Å²) >= 11 is 0. The second kappa shape index (κ2) is 6.48. The molecule has 8 heteroatoms. The molecule has 0 aliphatic rings. The van der Waals surface area contributed by atoms with Crippen molar-refractivity contribution >= 4 is 28.9 Å². The van der Waals surface area contributed by atoms with E-state index in [1.807, 2.05) is 0 Å². The monoisotopic (exact) mass is 307 g/mol. The quantitative estimate of drug-likeness (QED) is 0.673. The second-order valence-corrected chi connectivity index (χ2v) is 4.54. The lowest BCUT2D eigenvalue weighted by Crippen LogP contribution is -2.15. The zero-order chi connectivity index (χ0) is 16.1. The molecule has 1 amide bonds. The summed E-state index contributed by atoms with van der Waals surface area (Å²) in [5, 5.41) is 5.65. The Morgan fingerprint density at radius 1 is 1.00 bits per heavy atom. The third-order valence-electron chi connectivity index (χ3n) is 2.90. The molecule has 0 fully saturated rings. The Labute approximate surface area is 131 Å². The minimum atomic E-state index is -0.382. The van der Waals surface area contributed by atoms with E-state index in [1.165, 1.54) is 6.20 Å². The van der Waals surface area contributed by atoms with Crippen LogP contribution in [0, 0.1) is 0 Å². The van der Waals surface area contributed by atoms with Crippen molar-refractivity contribution in [3.63, 3.8) is 0 Å². The van der Waals surface area contributed by atoms with Crippen molar-refractivity contribution in [2.75, 3.05) is 16.4 Å². The second-order valence-electron chi connectivity index (χ2n) is 4.54. The SMILES string of the molecule is Nc1ccncc1NC(=O)c1cccc(Nc2cnccn2)n1. The van der Waals surface area contributed by atoms with Gasteiger partial charge in [0.25, 0.3) is 5.91 Å². The topological polar surface area (TPSA) is 119 Å². The standard InChI is InChI=1S/C15H13N7O/c16-10-4-5-17-8-12(10)21-15(23)11-2-1-3-13(20-11)22-14-9-18-6-7-19-14/h1-9H,(H2,16,17)(H,21,23)(H,19,20,22). The molecule has 3 rings (SSSR count). The molecule has 0 unspecified atom stereocenters. The maximum Gasteiger partial charge on any atom is 0.274 e. The van der Waals surface area contributed by atoms with Crippen LogP contribution in [0.25, 0.3) is 0 Å². The lowest BCUT2D eigenvalue weighted by atomic mass is 10.3. The lowest BCUT2D eigenvalue weighted by molar-refractivity contribution is 0.102. The van der Waals surface area contributed by atoms with Crippen LogP contribution in [-0.4, -0.2) is 25.8 Å². The Morgan fingerprint density at radius 2 is 1.87 bits per heavy atom. The molecule has 0 aliphatic carbocycles. The molecule has 4 N–H and O–H groups in total. The number of pyridine rings is 2. The Balaban J connectivity index is 1.77. The molecular weight excluding hydrogens is 294 g/mol. The fourth-order valence-corrected chi connectivity index (χ4v) is 1.82. The Bertz CT molecular complexity index is 823. The van der Waals surface area contributed by atoms with Crippen LogP contribution >= 0.6 is 0 Å². The van der Waals surface area contributed by atoms with E-state index < -0.39 is 0 Å². The predicted octanol–water partition coefficient (Wildman–Crippen LogP) is 1.84. The molecule has 3 aromatic rings. The minimum Gasteiger partial charge on any atom is -0.397 e. The smallest absolute Gasteiger partial charge is 0.274 e. The van der Waals surface area contributed by atoms with E-state index in [9.17, 15) is 4.79 Å². The number of carbonyl (C=O) groups is 1. The number of nitrogens with two attached hydrogens (primary N) is 1. The van der Waals surface area contributed by atoms with Gasteiger partial charge in [-0.25, -0.2) is 9.97 Å². The molecule has 8 nitrogen and oxygen atoms in total. The van der Waals surface area contributed by atoms with E-state index in [1.54, 1.807) is 49.1 Å². The van der Waals surface area contributed by atoms with Gasteiger partial charge in [0.15, 0.2) is 0 Å². The number of carbonyl (C=O) groups excluding carboxylic acids is 1. The highest BCUT2D eigenvalue weighted by molar-refractivity contribution is 6.04. The van der Waals surface area contributed by atoms with E-state index >= 15 is 0 Å². The molecule has 114 valence electrons. The van der Waals surface area contributed by atoms with Gasteiger partial charge in [-0.2, -0.15) is 0 Å². The third-order valence-corrected chi connectivity index (χ3v) is 2.90. The fraction of sp³-hybridized carbons (Fsp3) is 0. The van der Waals surface area contributed by atoms with Gasteiger partial charge in [-0.1, -0.05) is 6.07 Å². The lowest BCUT2D eigenvalue weighted by Gasteiger charge is -2.08. The highest BCUT2D eigenvalue weighted by Crippen LogP contribution is 2.17. The van der Waals surface area contributed by atoms with E-state index in [-0.39, 0.29) is 11.6 Å². The molecule has 0 saturated heterocycles. The van der Waals surface area contributed by atoms with E-state index in [0.29, 0.717) is 23.0 Å². The van der Waals surface area contributed by atoms with Crippen molar-refractivity contribution in [2.45, 2.75) is 0 Å². The van der Waals surface area contributed by atoms with E-state index in [2.05, 4.69) is 30.6 Å². The van der Waals surface area contributed by atoms with Crippen molar-refractivity contribution in [3.05, 3.63) is 60.9 Å².